The number of aryl methyl sites for hydroxylation is 1. The molecule has 1 aliphatic carbocycles. The van der Waals surface area contributed by atoms with Gasteiger partial charge in [-0.25, -0.2) is 0 Å². The quantitative estimate of drug-likeness (QED) is 0.540. The minimum absolute atomic E-state index is 0.147. The zero-order valence-corrected chi connectivity index (χ0v) is 19.5. The summed E-state index contributed by atoms with van der Waals surface area (Å²) in [6.45, 7) is 10.7. The molecule has 5 rings (SSSR count). The van der Waals surface area contributed by atoms with Gasteiger partial charge in [0.05, 0.1) is 11.6 Å². The van der Waals surface area contributed by atoms with Crippen molar-refractivity contribution >= 4 is 16.8 Å². The van der Waals surface area contributed by atoms with E-state index < -0.39 is 0 Å². The normalized spacial score (nSPS) is 23.6. The number of carbonyl (C=O) groups is 1. The maximum atomic E-state index is 13.2. The summed E-state index contributed by atoms with van der Waals surface area (Å²) < 4.78 is 0. The summed E-state index contributed by atoms with van der Waals surface area (Å²) in [5.41, 5.74) is 6.81. The number of H-pyrrole nitrogens is 1. The number of aromatic nitrogens is 2. The third kappa shape index (κ3) is 3.73. The average Bonchev–Trinajstić information content (AvgIpc) is 3.48. The Hall–Kier alpha value is -2.66. The van der Waals surface area contributed by atoms with Gasteiger partial charge in [-0.05, 0) is 86.4 Å². The van der Waals surface area contributed by atoms with Crippen LogP contribution in [0.5, 0.6) is 0 Å². The topological polar surface area (TPSA) is 69.8 Å². The van der Waals surface area contributed by atoms with E-state index in [4.69, 9.17) is 0 Å². The van der Waals surface area contributed by atoms with Gasteiger partial charge in [-0.2, -0.15) is 0 Å². The standard InChI is InChI=1S/C27H34N4O/c1-15(2)25-21-12-18(5-7-23(21)30-26(25)19-9-10-29-16(3)11-19)17(4)27(32)31-24-8-6-20-13-28-14-22(20)24/h5,7,9-12,15,17,20,22,24,28,30H,6,8,13-14H2,1-4H3,(H,31,32). The lowest BCUT2D eigenvalue weighted by atomic mass is 9.92. The molecule has 1 amide bonds. The van der Waals surface area contributed by atoms with Gasteiger partial charge in [-0.15, -0.1) is 0 Å². The number of hydrogen-bond donors (Lipinski definition) is 3. The Morgan fingerprint density at radius 2 is 1.97 bits per heavy atom. The first-order chi connectivity index (χ1) is 15.4. The summed E-state index contributed by atoms with van der Waals surface area (Å²) in [5, 5.41) is 8.07. The number of benzene rings is 1. The number of nitrogens with zero attached hydrogens (tertiary/aromatic N) is 1. The van der Waals surface area contributed by atoms with Crippen LogP contribution in [0.15, 0.2) is 36.5 Å². The van der Waals surface area contributed by atoms with Gasteiger partial charge < -0.3 is 15.6 Å². The first kappa shape index (κ1) is 21.2. The van der Waals surface area contributed by atoms with Crippen LogP contribution < -0.4 is 10.6 Å². The number of nitrogens with one attached hydrogen (secondary N) is 3. The summed E-state index contributed by atoms with van der Waals surface area (Å²) in [7, 11) is 0. The van der Waals surface area contributed by atoms with Crippen LogP contribution in [0, 0.1) is 18.8 Å². The molecule has 3 aromatic rings. The molecule has 2 aromatic heterocycles. The predicted octanol–water partition coefficient (Wildman–Crippen LogP) is 4.88. The Labute approximate surface area is 190 Å². The molecule has 0 spiro atoms. The van der Waals surface area contributed by atoms with Crippen molar-refractivity contribution in [2.75, 3.05) is 13.1 Å². The third-order valence-corrected chi connectivity index (χ3v) is 7.60. The molecular weight excluding hydrogens is 396 g/mol. The summed E-state index contributed by atoms with van der Waals surface area (Å²) in [4.78, 5) is 21.1. The Morgan fingerprint density at radius 1 is 1.12 bits per heavy atom. The van der Waals surface area contributed by atoms with E-state index in [9.17, 15) is 4.79 Å². The smallest absolute Gasteiger partial charge is 0.227 e. The second kappa shape index (κ2) is 8.36. The number of aromatic amines is 1. The molecule has 1 saturated heterocycles. The summed E-state index contributed by atoms with van der Waals surface area (Å²) in [6, 6.07) is 11.0. The van der Waals surface area contributed by atoms with E-state index in [2.05, 4.69) is 64.8 Å². The van der Waals surface area contributed by atoms with E-state index >= 15 is 0 Å². The molecule has 0 bridgehead atoms. The van der Waals surface area contributed by atoms with Crippen molar-refractivity contribution < 1.29 is 4.79 Å². The molecular formula is C27H34N4O. The van der Waals surface area contributed by atoms with E-state index in [1.165, 1.54) is 17.4 Å². The fraction of sp³-hybridized carbons (Fsp3) is 0.481. The molecule has 2 fully saturated rings. The third-order valence-electron chi connectivity index (χ3n) is 7.60. The van der Waals surface area contributed by atoms with Crippen LogP contribution >= 0.6 is 0 Å². The number of amides is 1. The lowest BCUT2D eigenvalue weighted by molar-refractivity contribution is -0.123. The number of fused-ring (bicyclic) bond motifs is 2. The van der Waals surface area contributed by atoms with Gasteiger partial charge in [0.2, 0.25) is 5.91 Å². The first-order valence-corrected chi connectivity index (χ1v) is 12.0. The highest BCUT2D eigenvalue weighted by molar-refractivity contribution is 5.93. The highest BCUT2D eigenvalue weighted by Crippen LogP contribution is 2.38. The van der Waals surface area contributed by atoms with E-state index in [0.29, 0.717) is 17.9 Å². The number of hydrogen-bond acceptors (Lipinski definition) is 3. The molecule has 3 N–H and O–H groups in total. The lowest BCUT2D eigenvalue weighted by Crippen LogP contribution is -2.41. The molecule has 1 aromatic carbocycles. The maximum Gasteiger partial charge on any atom is 0.227 e. The van der Waals surface area contributed by atoms with Gasteiger partial charge in [-0.1, -0.05) is 19.9 Å². The number of carbonyl (C=O) groups excluding carboxylic acids is 1. The largest absolute Gasteiger partial charge is 0.354 e. The van der Waals surface area contributed by atoms with E-state index in [0.717, 1.165) is 53.5 Å². The van der Waals surface area contributed by atoms with Crippen molar-refractivity contribution in [2.24, 2.45) is 11.8 Å². The Kier molecular flexibility index (Phi) is 5.54. The van der Waals surface area contributed by atoms with Crippen LogP contribution in [0.3, 0.4) is 0 Å². The maximum absolute atomic E-state index is 13.2. The highest BCUT2D eigenvalue weighted by Gasteiger charge is 2.40. The van der Waals surface area contributed by atoms with Crippen molar-refractivity contribution in [3.8, 4) is 11.3 Å². The SMILES string of the molecule is Cc1cc(-c2[nH]c3ccc(C(C)C(=O)NC4CCC5CNCC54)cc3c2C(C)C)ccn1. The van der Waals surface area contributed by atoms with Crippen LogP contribution in [-0.4, -0.2) is 35.0 Å². The van der Waals surface area contributed by atoms with E-state index in [1.54, 1.807) is 0 Å². The van der Waals surface area contributed by atoms with Crippen molar-refractivity contribution in [1.29, 1.82) is 0 Å². The molecule has 4 atom stereocenters. The molecule has 32 heavy (non-hydrogen) atoms. The first-order valence-electron chi connectivity index (χ1n) is 12.0. The molecule has 2 aliphatic rings. The highest BCUT2D eigenvalue weighted by atomic mass is 16.1. The summed E-state index contributed by atoms with van der Waals surface area (Å²) in [6.07, 6.45) is 4.20. The van der Waals surface area contributed by atoms with Crippen molar-refractivity contribution in [2.45, 2.75) is 58.4 Å². The molecule has 168 valence electrons. The second-order valence-electron chi connectivity index (χ2n) is 10.1. The molecule has 5 nitrogen and oxygen atoms in total. The van der Waals surface area contributed by atoms with Gasteiger partial charge in [-0.3, -0.25) is 9.78 Å². The van der Waals surface area contributed by atoms with Crippen LogP contribution in [-0.2, 0) is 4.79 Å². The molecule has 1 saturated carbocycles. The Morgan fingerprint density at radius 3 is 2.75 bits per heavy atom. The number of rotatable bonds is 5. The van der Waals surface area contributed by atoms with Crippen LogP contribution in [0.1, 0.15) is 62.3 Å². The van der Waals surface area contributed by atoms with Crippen molar-refractivity contribution in [1.82, 2.24) is 20.6 Å². The van der Waals surface area contributed by atoms with Crippen molar-refractivity contribution in [3.05, 3.63) is 53.3 Å². The molecule has 1 aliphatic heterocycles. The fourth-order valence-electron chi connectivity index (χ4n) is 5.81. The average molecular weight is 431 g/mol. The van der Waals surface area contributed by atoms with Gasteiger partial charge >= 0.3 is 0 Å². The fourth-order valence-corrected chi connectivity index (χ4v) is 5.81. The van der Waals surface area contributed by atoms with Gasteiger partial charge in [0.15, 0.2) is 0 Å². The van der Waals surface area contributed by atoms with Crippen LogP contribution in [0.2, 0.25) is 0 Å². The molecule has 3 heterocycles. The van der Waals surface area contributed by atoms with E-state index in [-0.39, 0.29) is 11.8 Å². The Balaban J connectivity index is 1.44. The minimum atomic E-state index is -0.172. The van der Waals surface area contributed by atoms with Crippen LogP contribution in [0.4, 0.5) is 0 Å². The predicted molar refractivity (Wildman–Crippen MR) is 130 cm³/mol. The van der Waals surface area contributed by atoms with E-state index in [1.807, 2.05) is 20.0 Å². The number of pyridine rings is 1. The Bertz CT molecular complexity index is 1150. The van der Waals surface area contributed by atoms with Crippen LogP contribution in [0.25, 0.3) is 22.2 Å². The summed E-state index contributed by atoms with van der Waals surface area (Å²) in [5.74, 6) is 1.66. The van der Waals surface area contributed by atoms with Crippen molar-refractivity contribution in [3.63, 3.8) is 0 Å². The van der Waals surface area contributed by atoms with Gasteiger partial charge in [0.25, 0.3) is 0 Å². The second-order valence-corrected chi connectivity index (χ2v) is 10.1. The van der Waals surface area contributed by atoms with Gasteiger partial charge in [0, 0.05) is 40.9 Å². The molecule has 0 radical (unpaired) electrons. The molecule has 5 heteroatoms. The monoisotopic (exact) mass is 430 g/mol. The minimum Gasteiger partial charge on any atom is -0.354 e. The summed E-state index contributed by atoms with van der Waals surface area (Å²) >= 11 is 0. The van der Waals surface area contributed by atoms with Gasteiger partial charge in [0.1, 0.15) is 0 Å². The molecule has 4 unspecified atom stereocenters. The lowest BCUT2D eigenvalue weighted by Gasteiger charge is -2.22. The zero-order valence-electron chi connectivity index (χ0n) is 19.5. The zero-order chi connectivity index (χ0) is 22.4.